The summed E-state index contributed by atoms with van der Waals surface area (Å²) in [5.74, 6) is 5.48. The normalized spacial score (nSPS) is 8.72. The van der Waals surface area contributed by atoms with Crippen LogP contribution in [0.5, 0.6) is 0 Å². The third-order valence-corrected chi connectivity index (χ3v) is 2.95. The van der Waals surface area contributed by atoms with Crippen LogP contribution >= 0.6 is 0 Å². The summed E-state index contributed by atoms with van der Waals surface area (Å²) in [6.07, 6.45) is 1.46. The quantitative estimate of drug-likeness (QED) is 0.392. The van der Waals surface area contributed by atoms with Crippen LogP contribution in [0.2, 0.25) is 0 Å². The topological polar surface area (TPSA) is 49.0 Å². The maximum absolute atomic E-state index is 13.7. The molecule has 0 saturated carbocycles. The first kappa shape index (κ1) is 30.7. The van der Waals surface area contributed by atoms with Crippen molar-refractivity contribution < 1.29 is 4.39 Å². The molecule has 3 nitrogen and oxygen atoms in total. The van der Waals surface area contributed by atoms with Crippen molar-refractivity contribution in [2.24, 2.45) is 4.99 Å². The van der Waals surface area contributed by atoms with E-state index in [1.54, 1.807) is 31.2 Å². The molecular weight excluding hydrogens is 361 g/mol. The van der Waals surface area contributed by atoms with E-state index < -0.39 is 0 Å². The third-order valence-electron chi connectivity index (χ3n) is 2.95. The average Bonchev–Trinajstić information content (AvgIpc) is 2.83. The Labute approximate surface area is 177 Å². The number of aliphatic imine (C=N–C) groups is 1. The molecule has 0 bridgehead atoms. The van der Waals surface area contributed by atoms with Gasteiger partial charge in [0.2, 0.25) is 0 Å². The van der Waals surface area contributed by atoms with Gasteiger partial charge in [-0.05, 0) is 49.9 Å². The molecule has 0 N–H and O–H groups in total. The first-order chi connectivity index (χ1) is 14.1. The van der Waals surface area contributed by atoms with Gasteiger partial charge in [0.25, 0.3) is 0 Å². The largest absolute Gasteiger partial charge is 0.293 e. The summed E-state index contributed by atoms with van der Waals surface area (Å²) in [6.45, 7) is 21.2. The molecule has 1 atom stereocenters. The highest BCUT2D eigenvalue weighted by molar-refractivity contribution is 5.44. The molecule has 2 rings (SSSR count). The summed E-state index contributed by atoms with van der Waals surface area (Å²) in [7, 11) is 0. The summed E-state index contributed by atoms with van der Waals surface area (Å²) in [5, 5.41) is 8.69. The van der Waals surface area contributed by atoms with E-state index in [1.807, 2.05) is 61.5 Å². The van der Waals surface area contributed by atoms with Crippen molar-refractivity contribution in [2.75, 3.05) is 0 Å². The second-order valence-corrected chi connectivity index (χ2v) is 4.39. The molecule has 29 heavy (non-hydrogen) atoms. The van der Waals surface area contributed by atoms with Crippen molar-refractivity contribution in [3.8, 4) is 17.9 Å². The van der Waals surface area contributed by atoms with Gasteiger partial charge in [-0.25, -0.2) is 9.37 Å². The highest BCUT2D eigenvalue weighted by Gasteiger charge is 2.08. The molecule has 0 spiro atoms. The zero-order valence-electron chi connectivity index (χ0n) is 19.5. The lowest BCUT2D eigenvalue weighted by Gasteiger charge is -2.07. The van der Waals surface area contributed by atoms with E-state index in [-0.39, 0.29) is 11.9 Å². The van der Waals surface area contributed by atoms with Crippen LogP contribution in [0.15, 0.2) is 41.5 Å². The monoisotopic (exact) mass is 397 g/mol. The summed E-state index contributed by atoms with van der Waals surface area (Å²) < 4.78 is 13.7. The number of halogens is 1. The molecule has 0 aliphatic rings. The van der Waals surface area contributed by atoms with Gasteiger partial charge >= 0.3 is 0 Å². The summed E-state index contributed by atoms with van der Waals surface area (Å²) >= 11 is 0. The maximum atomic E-state index is 13.7. The van der Waals surface area contributed by atoms with Crippen LogP contribution in [0.1, 0.15) is 90.7 Å². The summed E-state index contributed by atoms with van der Waals surface area (Å²) in [4.78, 5) is 7.87. The molecule has 0 aliphatic heterocycles. The molecular formula is C25H36FN3. The van der Waals surface area contributed by atoms with Crippen LogP contribution < -0.4 is 0 Å². The van der Waals surface area contributed by atoms with Crippen LogP contribution in [0.3, 0.4) is 0 Å². The molecule has 0 radical (unpaired) electrons. The van der Waals surface area contributed by atoms with Crippen LogP contribution in [0, 0.1) is 29.0 Å². The van der Waals surface area contributed by atoms with Crippen molar-refractivity contribution in [3.63, 3.8) is 0 Å². The van der Waals surface area contributed by atoms with Crippen LogP contribution in [0.25, 0.3) is 0 Å². The highest BCUT2D eigenvalue weighted by Crippen LogP contribution is 2.20. The van der Waals surface area contributed by atoms with Gasteiger partial charge in [-0.1, -0.05) is 61.3 Å². The number of rotatable bonds is 2. The van der Waals surface area contributed by atoms with Gasteiger partial charge in [0.1, 0.15) is 17.6 Å². The Morgan fingerprint density at radius 3 is 1.93 bits per heavy atom. The molecule has 1 aromatic carbocycles. The maximum Gasteiger partial charge on any atom is 0.128 e. The molecule has 4 heteroatoms. The van der Waals surface area contributed by atoms with E-state index in [1.165, 1.54) is 12.3 Å². The van der Waals surface area contributed by atoms with Crippen molar-refractivity contribution in [3.05, 3.63) is 64.7 Å². The number of aromatic nitrogens is 1. The fraction of sp³-hybridized carbons (Fsp3) is 0.400. The average molecular weight is 398 g/mol. The minimum Gasteiger partial charge on any atom is -0.293 e. The lowest BCUT2D eigenvalue weighted by molar-refractivity contribution is 0.595. The Balaban J connectivity index is -0.000000754. The number of hydrogen-bond donors (Lipinski definition) is 0. The van der Waals surface area contributed by atoms with E-state index >= 15 is 0 Å². The lowest BCUT2D eigenvalue weighted by Crippen LogP contribution is -1.95. The number of pyridine rings is 1. The lowest BCUT2D eigenvalue weighted by atomic mass is 10.0. The van der Waals surface area contributed by atoms with Crippen molar-refractivity contribution in [2.45, 2.75) is 68.4 Å². The van der Waals surface area contributed by atoms with Crippen molar-refractivity contribution in [1.82, 2.24) is 4.98 Å². The zero-order valence-corrected chi connectivity index (χ0v) is 19.5. The number of hydrogen-bond acceptors (Lipinski definition) is 3. The third kappa shape index (κ3) is 12.2. The molecule has 1 heterocycles. The van der Waals surface area contributed by atoms with E-state index in [2.05, 4.69) is 28.5 Å². The van der Waals surface area contributed by atoms with Crippen LogP contribution in [-0.2, 0) is 0 Å². The molecule has 0 aliphatic carbocycles. The Morgan fingerprint density at radius 2 is 1.48 bits per heavy atom. The van der Waals surface area contributed by atoms with Crippen molar-refractivity contribution in [1.29, 1.82) is 5.26 Å². The molecule has 1 unspecified atom stereocenters. The molecule has 0 fully saturated rings. The number of benzene rings is 1. The van der Waals surface area contributed by atoms with Gasteiger partial charge in [-0.3, -0.25) is 4.99 Å². The molecule has 2 aromatic rings. The van der Waals surface area contributed by atoms with Crippen LogP contribution in [-0.4, -0.2) is 11.7 Å². The fourth-order valence-electron chi connectivity index (χ4n) is 1.71. The Bertz CT molecular complexity index is 763. The van der Waals surface area contributed by atoms with Crippen molar-refractivity contribution >= 4 is 6.72 Å². The van der Waals surface area contributed by atoms with E-state index in [4.69, 9.17) is 5.26 Å². The summed E-state index contributed by atoms with van der Waals surface area (Å²) in [6, 6.07) is 9.62. The minimum atomic E-state index is -0.322. The molecule has 0 amide bonds. The predicted octanol–water partition coefficient (Wildman–Crippen LogP) is 7.36. The van der Waals surface area contributed by atoms with Gasteiger partial charge in [0, 0.05) is 17.3 Å². The fourth-order valence-corrected chi connectivity index (χ4v) is 1.71. The predicted molar refractivity (Wildman–Crippen MR) is 125 cm³/mol. The number of nitriles is 1. The number of nitrogens with zero attached hydrogens (tertiary/aromatic N) is 3. The SMILES string of the molecule is C=NC(C)c1cc(C#Cc2ccc(C#N)cn2)ccc1F.CC.CC.CC.CC. The minimum absolute atomic E-state index is 0.320. The molecule has 0 saturated heterocycles. The smallest absolute Gasteiger partial charge is 0.128 e. The first-order valence-corrected chi connectivity index (χ1v) is 10.3. The highest BCUT2D eigenvalue weighted by atomic mass is 19.1. The zero-order chi connectivity index (χ0) is 23.2. The van der Waals surface area contributed by atoms with Gasteiger partial charge in [0.05, 0.1) is 11.6 Å². The van der Waals surface area contributed by atoms with Gasteiger partial charge in [-0.2, -0.15) is 5.26 Å². The van der Waals surface area contributed by atoms with E-state index in [0.29, 0.717) is 22.4 Å². The first-order valence-electron chi connectivity index (χ1n) is 10.3. The van der Waals surface area contributed by atoms with E-state index in [9.17, 15) is 4.39 Å². The molecule has 1 aromatic heterocycles. The second-order valence-electron chi connectivity index (χ2n) is 4.39. The van der Waals surface area contributed by atoms with Gasteiger partial charge in [0.15, 0.2) is 0 Å². The Hall–Kier alpha value is -2.98. The van der Waals surface area contributed by atoms with Gasteiger partial charge < -0.3 is 0 Å². The summed E-state index contributed by atoms with van der Waals surface area (Å²) in [5.41, 5.74) is 2.17. The van der Waals surface area contributed by atoms with Gasteiger partial charge in [-0.15, -0.1) is 0 Å². The van der Waals surface area contributed by atoms with Crippen LogP contribution in [0.4, 0.5) is 4.39 Å². The molecule has 158 valence electrons. The van der Waals surface area contributed by atoms with E-state index in [0.717, 1.165) is 0 Å². The Kier molecular flexibility index (Phi) is 22.6. The second kappa shape index (κ2) is 21.3. The Morgan fingerprint density at radius 1 is 0.931 bits per heavy atom. The standard InChI is InChI=1S/C17H12FN3.4C2H6/c1-12(20-2)16-9-13(5-8-17(16)18)3-6-15-7-4-14(10-19)11-21-15;4*1-2/h4-5,7-9,11-12H,2H2,1H3;4*1-2H3.